The van der Waals surface area contributed by atoms with Crippen LogP contribution >= 0.6 is 0 Å². The fourth-order valence-electron chi connectivity index (χ4n) is 16.8. The minimum absolute atomic E-state index is 0.659. The van der Waals surface area contributed by atoms with Crippen molar-refractivity contribution in [3.05, 3.63) is 176 Å². The van der Waals surface area contributed by atoms with Crippen LogP contribution < -0.4 is 28.4 Å². The van der Waals surface area contributed by atoms with Gasteiger partial charge < -0.3 is 28.4 Å². The lowest BCUT2D eigenvalue weighted by molar-refractivity contribution is 0.112. The largest absolute Gasteiger partial charge is 0.490 e. The number of rotatable bonds is 83. The number of ether oxygens (including phenoxy) is 6. The molecule has 0 aliphatic heterocycles. The molecule has 7 heteroatoms. The monoisotopic (exact) mass is 1720 g/mol. The maximum Gasteiger partial charge on any atom is 0.203 e. The van der Waals surface area contributed by atoms with Gasteiger partial charge in [-0.3, -0.25) is 4.79 Å². The molecule has 0 saturated carbocycles. The lowest BCUT2D eigenvalue weighted by atomic mass is 10.0. The van der Waals surface area contributed by atoms with Crippen molar-refractivity contribution in [1.82, 2.24) is 0 Å². The molecule has 0 aliphatic carbocycles. The van der Waals surface area contributed by atoms with Gasteiger partial charge in [-0.15, -0.1) is 0 Å². The topological polar surface area (TPSA) is 72.5 Å². The Kier molecular flexibility index (Phi) is 64.1. The molecule has 0 atom stereocenters. The highest BCUT2D eigenvalue weighted by Gasteiger charge is 2.19. The Bertz CT molecular complexity index is 3450. The molecular weight excluding hydrogens is 1540 g/mol. The van der Waals surface area contributed by atoms with E-state index in [1.54, 1.807) is 0 Å². The number of carbonyl (C=O) groups is 1. The van der Waals surface area contributed by atoms with Gasteiger partial charge in [-0.25, -0.2) is 0 Å². The Balaban J connectivity index is 1.20. The number of unbranched alkanes of at least 4 members (excludes halogenated alkanes) is 54. The Morgan fingerprint density at radius 1 is 0.159 bits per heavy atom. The van der Waals surface area contributed by atoms with Gasteiger partial charge in [-0.05, 0) is 137 Å². The van der Waals surface area contributed by atoms with Crippen LogP contribution in [0.5, 0.6) is 34.5 Å². The van der Waals surface area contributed by atoms with Crippen LogP contribution in [0.15, 0.2) is 115 Å². The minimum Gasteiger partial charge on any atom is -0.490 e. The van der Waals surface area contributed by atoms with Crippen LogP contribution in [0, 0.1) is 0 Å². The molecule has 0 radical (unpaired) electrons. The molecule has 698 valence electrons. The summed E-state index contributed by atoms with van der Waals surface area (Å²) in [7, 11) is 0. The van der Waals surface area contributed by atoms with Gasteiger partial charge >= 0.3 is 0 Å². The zero-order chi connectivity index (χ0) is 88.9. The lowest BCUT2D eigenvalue weighted by Gasteiger charge is -2.18. The first-order valence-corrected chi connectivity index (χ1v) is 52.8. The summed E-state index contributed by atoms with van der Waals surface area (Å²) in [5, 5.41) is 0. The maximum absolute atomic E-state index is 11.6. The second-order valence-electron chi connectivity index (χ2n) is 36.6. The SMILES string of the molecule is CCCCCCCCCCCCOc1cc(/C=C/c2ccc(/C=C/c3cc(/C=C/c4ccc(C=O)cc4)cc(/C=C/c4ccc(/C=C/c5cc(OCCCCCCCCCCCC)c(OCCCCCCCCCCCC)c(OCCCCCCCCCCCC)c5)cc4)c3)cc2)cc(OCCCCCCCCCCCC)c1OCCCCCCCCCCCC. The third-order valence-corrected chi connectivity index (χ3v) is 24.9. The summed E-state index contributed by atoms with van der Waals surface area (Å²) < 4.78 is 40.7. The molecule has 0 spiro atoms. The quantitative estimate of drug-likeness (QED) is 0.0214. The van der Waals surface area contributed by atoms with Gasteiger partial charge in [-0.1, -0.05) is 522 Å². The predicted octanol–water partition coefficient (Wildman–Crippen LogP) is 38.1. The van der Waals surface area contributed by atoms with E-state index in [0.29, 0.717) is 45.2 Å². The molecule has 7 nitrogen and oxygen atoms in total. The summed E-state index contributed by atoms with van der Waals surface area (Å²) in [5.74, 6) is 4.72. The number of aldehydes is 1. The van der Waals surface area contributed by atoms with Crippen LogP contribution in [0.25, 0.3) is 60.8 Å². The fourth-order valence-corrected chi connectivity index (χ4v) is 16.8. The van der Waals surface area contributed by atoms with Gasteiger partial charge in [0.1, 0.15) is 6.29 Å². The smallest absolute Gasteiger partial charge is 0.203 e. The summed E-state index contributed by atoms with van der Waals surface area (Å²) in [4.78, 5) is 11.6. The van der Waals surface area contributed by atoms with Crippen molar-refractivity contribution in [3.8, 4) is 34.5 Å². The average Bonchev–Trinajstić information content (AvgIpc) is 0.805. The van der Waals surface area contributed by atoms with E-state index in [-0.39, 0.29) is 0 Å². The van der Waals surface area contributed by atoms with E-state index in [2.05, 4.69) is 193 Å². The Hall–Kier alpha value is -7.51. The van der Waals surface area contributed by atoms with E-state index < -0.39 is 0 Å². The summed E-state index contributed by atoms with van der Waals surface area (Å²) in [6, 6.07) is 40.9. The molecule has 126 heavy (non-hydrogen) atoms. The van der Waals surface area contributed by atoms with Crippen molar-refractivity contribution in [2.45, 2.75) is 427 Å². The summed E-state index contributed by atoms with van der Waals surface area (Å²) in [6.07, 6.45) is 100. The third kappa shape index (κ3) is 52.8. The summed E-state index contributed by atoms with van der Waals surface area (Å²) >= 11 is 0. The van der Waals surface area contributed by atoms with Crippen LogP contribution in [0.3, 0.4) is 0 Å². The number of hydrogen-bond donors (Lipinski definition) is 0. The van der Waals surface area contributed by atoms with Crippen molar-refractivity contribution >= 4 is 67.0 Å². The van der Waals surface area contributed by atoms with Crippen LogP contribution in [-0.2, 0) is 0 Å². The normalized spacial score (nSPS) is 11.8. The molecule has 0 fully saturated rings. The first-order valence-electron chi connectivity index (χ1n) is 52.8. The first-order chi connectivity index (χ1) is 62.3. The van der Waals surface area contributed by atoms with Gasteiger partial charge in [0.25, 0.3) is 0 Å². The van der Waals surface area contributed by atoms with Gasteiger partial charge in [0.05, 0.1) is 39.6 Å². The van der Waals surface area contributed by atoms with E-state index in [9.17, 15) is 4.79 Å². The number of benzene rings is 6. The van der Waals surface area contributed by atoms with E-state index in [1.165, 1.54) is 347 Å². The van der Waals surface area contributed by atoms with Gasteiger partial charge in [0.15, 0.2) is 23.0 Å². The van der Waals surface area contributed by atoms with Crippen molar-refractivity contribution in [2.24, 2.45) is 0 Å². The van der Waals surface area contributed by atoms with E-state index in [1.807, 2.05) is 24.3 Å². The van der Waals surface area contributed by atoms with Crippen LogP contribution in [0.4, 0.5) is 0 Å². The van der Waals surface area contributed by atoms with E-state index in [0.717, 1.165) is 135 Å². The molecule has 0 bridgehead atoms. The third-order valence-electron chi connectivity index (χ3n) is 24.9. The molecule has 0 N–H and O–H groups in total. The molecule has 0 aliphatic rings. The van der Waals surface area contributed by atoms with Crippen molar-refractivity contribution in [3.63, 3.8) is 0 Å². The zero-order valence-corrected chi connectivity index (χ0v) is 81.3. The molecule has 6 aromatic rings. The van der Waals surface area contributed by atoms with Gasteiger partial charge in [0, 0.05) is 5.56 Å². The zero-order valence-electron chi connectivity index (χ0n) is 81.3. The van der Waals surface area contributed by atoms with E-state index in [4.69, 9.17) is 28.4 Å². The Morgan fingerprint density at radius 3 is 0.460 bits per heavy atom. The lowest BCUT2D eigenvalue weighted by Crippen LogP contribution is -2.07. The Morgan fingerprint density at radius 2 is 0.294 bits per heavy atom. The molecule has 0 heterocycles. The standard InChI is InChI=1S/C119H180O7/c1-7-13-19-25-31-37-43-49-55-61-89-121-114-98-112(99-115(122-90-62-56-50-44-38-32-26-20-14-8-2)118(114)125-93-65-59-53-47-41-35-29-23-17-11-5)87-80-105-71-67-103(68-72-105)77-84-109-95-110(97-111(96-109)86-79-107-75-82-108(102-120)83-76-107)85-78-104-69-73-106(74-70-104)81-88-113-100-116(123-91-63-57-51-45-39-33-27-21-15-9-3)119(126-94-66-60-54-48-42-36-30-24-18-12-6)117(101-113)124-92-64-58-52-46-40-34-28-22-16-10-4/h67-88,95-102H,7-66,89-94H2,1-6H3/b84-77+,85-78+,86-79+,87-80+,88-81+. The predicted molar refractivity (Wildman–Crippen MR) is 553 cm³/mol. The van der Waals surface area contributed by atoms with Gasteiger partial charge in [-0.2, -0.15) is 0 Å². The van der Waals surface area contributed by atoms with Crippen molar-refractivity contribution in [1.29, 1.82) is 0 Å². The molecular formula is C119H180O7. The van der Waals surface area contributed by atoms with Gasteiger partial charge in [0.2, 0.25) is 11.5 Å². The molecule has 0 unspecified atom stereocenters. The highest BCUT2D eigenvalue weighted by molar-refractivity contribution is 5.81. The second kappa shape index (κ2) is 75.3. The van der Waals surface area contributed by atoms with Crippen LogP contribution in [-0.4, -0.2) is 45.9 Å². The maximum atomic E-state index is 11.6. The molecule has 6 rings (SSSR count). The molecule has 0 aromatic heterocycles. The second-order valence-corrected chi connectivity index (χ2v) is 36.6. The highest BCUT2D eigenvalue weighted by atomic mass is 16.5. The van der Waals surface area contributed by atoms with Crippen LogP contribution in [0.1, 0.15) is 493 Å². The van der Waals surface area contributed by atoms with E-state index >= 15 is 0 Å². The minimum atomic E-state index is 0.659. The Labute approximate surface area is 772 Å². The highest BCUT2D eigenvalue weighted by Crippen LogP contribution is 2.42. The van der Waals surface area contributed by atoms with Crippen LogP contribution in [0.2, 0.25) is 0 Å². The number of carbonyl (C=O) groups excluding carboxylic acids is 1. The molecule has 0 amide bonds. The van der Waals surface area contributed by atoms with Crippen molar-refractivity contribution < 1.29 is 33.2 Å². The number of hydrogen-bond acceptors (Lipinski definition) is 7. The summed E-state index contributed by atoms with van der Waals surface area (Å²) in [6.45, 7) is 17.8. The van der Waals surface area contributed by atoms with Crippen molar-refractivity contribution in [2.75, 3.05) is 39.6 Å². The molecule has 6 aromatic carbocycles. The molecule has 0 saturated heterocycles. The first kappa shape index (κ1) is 107. The fraction of sp³-hybridized carbons (Fsp3) is 0.605. The summed E-state index contributed by atoms with van der Waals surface area (Å²) in [5.41, 5.74) is 11.5. The average molecular weight is 1720 g/mol.